The molecule has 0 fully saturated rings. The molecule has 1 N–H and O–H groups in total. The molecule has 0 heterocycles. The standard InChI is InChI=1S/C15H21NO4/c1-15(2,3)20-14(19)16-12(10-13(17)18)9-11-7-5-4-6-8-11/h4-8,12H,9-10H2,1-3H3,(H,16,19)(H,17,18)/p-1/t12-/m0/s1. The highest BCUT2D eigenvalue weighted by atomic mass is 16.6. The number of rotatable bonds is 5. The number of nitrogens with one attached hydrogen (secondary N) is 1. The lowest BCUT2D eigenvalue weighted by molar-refractivity contribution is -0.306. The largest absolute Gasteiger partial charge is 0.550 e. The van der Waals surface area contributed by atoms with Crippen molar-refractivity contribution in [3.63, 3.8) is 0 Å². The number of carboxylic acid groups (broad SMARTS) is 1. The smallest absolute Gasteiger partial charge is 0.407 e. The van der Waals surface area contributed by atoms with E-state index in [-0.39, 0.29) is 6.42 Å². The molecule has 0 bridgehead atoms. The molecule has 0 saturated heterocycles. The number of amides is 1. The maximum absolute atomic E-state index is 11.7. The molecule has 0 aliphatic rings. The second kappa shape index (κ2) is 6.93. The van der Waals surface area contributed by atoms with E-state index in [1.807, 2.05) is 30.3 Å². The Labute approximate surface area is 118 Å². The Bertz CT molecular complexity index is 451. The van der Waals surface area contributed by atoms with Gasteiger partial charge in [-0.15, -0.1) is 0 Å². The van der Waals surface area contributed by atoms with Gasteiger partial charge in [-0.05, 0) is 32.8 Å². The summed E-state index contributed by atoms with van der Waals surface area (Å²) in [4.78, 5) is 22.5. The van der Waals surface area contributed by atoms with Gasteiger partial charge in [-0.1, -0.05) is 30.3 Å². The van der Waals surface area contributed by atoms with Gasteiger partial charge in [-0.2, -0.15) is 0 Å². The average Bonchev–Trinajstić information content (AvgIpc) is 2.26. The number of carbonyl (C=O) groups is 2. The van der Waals surface area contributed by atoms with Crippen LogP contribution in [0.1, 0.15) is 32.8 Å². The Balaban J connectivity index is 2.65. The topological polar surface area (TPSA) is 78.5 Å². The Morgan fingerprint density at radius 1 is 1.25 bits per heavy atom. The molecular formula is C15H20NO4-. The lowest BCUT2D eigenvalue weighted by Crippen LogP contribution is -2.43. The summed E-state index contributed by atoms with van der Waals surface area (Å²) >= 11 is 0. The van der Waals surface area contributed by atoms with E-state index in [1.54, 1.807) is 20.8 Å². The fraction of sp³-hybridized carbons (Fsp3) is 0.467. The maximum atomic E-state index is 11.7. The van der Waals surface area contributed by atoms with Crippen LogP contribution in [0.2, 0.25) is 0 Å². The number of carbonyl (C=O) groups excluding carboxylic acids is 2. The molecule has 5 heteroatoms. The summed E-state index contributed by atoms with van der Waals surface area (Å²) < 4.78 is 5.12. The number of aliphatic carboxylic acids is 1. The molecule has 0 radical (unpaired) electrons. The second-order valence-electron chi connectivity index (χ2n) is 5.61. The van der Waals surface area contributed by atoms with Crippen LogP contribution in [0, 0.1) is 0 Å². The molecule has 0 unspecified atom stereocenters. The number of hydrogen-bond acceptors (Lipinski definition) is 4. The van der Waals surface area contributed by atoms with Gasteiger partial charge in [-0.25, -0.2) is 4.79 Å². The summed E-state index contributed by atoms with van der Waals surface area (Å²) in [6, 6.07) is 8.78. The van der Waals surface area contributed by atoms with Crippen LogP contribution < -0.4 is 10.4 Å². The van der Waals surface area contributed by atoms with E-state index in [2.05, 4.69) is 5.32 Å². The summed E-state index contributed by atoms with van der Waals surface area (Å²) in [7, 11) is 0. The van der Waals surface area contributed by atoms with Crippen LogP contribution >= 0.6 is 0 Å². The zero-order valence-corrected chi connectivity index (χ0v) is 12.0. The van der Waals surface area contributed by atoms with Crippen molar-refractivity contribution in [2.45, 2.75) is 45.3 Å². The quantitative estimate of drug-likeness (QED) is 0.879. The summed E-state index contributed by atoms with van der Waals surface area (Å²) in [6.45, 7) is 5.24. The van der Waals surface area contributed by atoms with Gasteiger partial charge in [0.05, 0.1) is 0 Å². The number of hydrogen-bond donors (Lipinski definition) is 1. The van der Waals surface area contributed by atoms with Crippen LogP contribution in [0.4, 0.5) is 4.79 Å². The number of alkyl carbamates (subject to hydrolysis) is 1. The molecule has 0 aromatic heterocycles. The van der Waals surface area contributed by atoms with Crippen molar-refractivity contribution in [2.24, 2.45) is 0 Å². The molecule has 20 heavy (non-hydrogen) atoms. The van der Waals surface area contributed by atoms with Crippen LogP contribution in [-0.4, -0.2) is 23.7 Å². The highest BCUT2D eigenvalue weighted by Crippen LogP contribution is 2.09. The molecule has 1 aromatic rings. The average molecular weight is 278 g/mol. The van der Waals surface area contributed by atoms with E-state index in [4.69, 9.17) is 4.74 Å². The Hall–Kier alpha value is -2.04. The van der Waals surface area contributed by atoms with Gasteiger partial charge in [0.1, 0.15) is 5.60 Å². The SMILES string of the molecule is CC(C)(C)OC(=O)N[C@H](CC(=O)[O-])Cc1ccccc1. The second-order valence-corrected chi connectivity index (χ2v) is 5.61. The molecule has 0 saturated carbocycles. The number of carboxylic acids is 1. The molecule has 5 nitrogen and oxygen atoms in total. The molecule has 0 aliphatic heterocycles. The third kappa shape index (κ3) is 6.78. The molecule has 1 atom stereocenters. The van der Waals surface area contributed by atoms with Crippen molar-refractivity contribution in [2.75, 3.05) is 0 Å². The molecule has 0 aliphatic carbocycles. The van der Waals surface area contributed by atoms with Gasteiger partial charge in [0, 0.05) is 18.4 Å². The first-order valence-corrected chi connectivity index (χ1v) is 6.49. The van der Waals surface area contributed by atoms with E-state index in [0.717, 1.165) is 5.56 Å². The van der Waals surface area contributed by atoms with Crippen molar-refractivity contribution in [3.8, 4) is 0 Å². The predicted octanol–water partition coefficient (Wildman–Crippen LogP) is 1.26. The van der Waals surface area contributed by atoms with Crippen molar-refractivity contribution in [1.29, 1.82) is 0 Å². The first-order valence-electron chi connectivity index (χ1n) is 6.49. The molecular weight excluding hydrogens is 258 g/mol. The van der Waals surface area contributed by atoms with E-state index in [0.29, 0.717) is 6.42 Å². The van der Waals surface area contributed by atoms with E-state index >= 15 is 0 Å². The van der Waals surface area contributed by atoms with Gasteiger partial charge < -0.3 is 20.0 Å². The van der Waals surface area contributed by atoms with Crippen molar-refractivity contribution >= 4 is 12.1 Å². The molecule has 1 rings (SSSR count). The zero-order chi connectivity index (χ0) is 15.2. The van der Waals surface area contributed by atoms with E-state index in [9.17, 15) is 14.7 Å². The summed E-state index contributed by atoms with van der Waals surface area (Å²) in [6.07, 6.45) is -0.470. The van der Waals surface area contributed by atoms with Crippen LogP contribution in [0.25, 0.3) is 0 Å². The monoisotopic (exact) mass is 278 g/mol. The van der Waals surface area contributed by atoms with Crippen LogP contribution in [0.5, 0.6) is 0 Å². The molecule has 110 valence electrons. The lowest BCUT2D eigenvalue weighted by Gasteiger charge is -2.24. The first kappa shape index (κ1) is 16.0. The highest BCUT2D eigenvalue weighted by molar-refractivity contribution is 5.70. The Morgan fingerprint density at radius 3 is 2.35 bits per heavy atom. The molecule has 1 amide bonds. The minimum absolute atomic E-state index is 0.256. The van der Waals surface area contributed by atoms with Crippen molar-refractivity contribution < 1.29 is 19.4 Å². The number of ether oxygens (including phenoxy) is 1. The Morgan fingerprint density at radius 2 is 1.85 bits per heavy atom. The van der Waals surface area contributed by atoms with Crippen LogP contribution in [0.15, 0.2) is 30.3 Å². The highest BCUT2D eigenvalue weighted by Gasteiger charge is 2.19. The summed E-state index contributed by atoms with van der Waals surface area (Å²) in [5.41, 5.74) is 0.317. The molecule has 1 aromatic carbocycles. The van der Waals surface area contributed by atoms with Crippen LogP contribution in [0.3, 0.4) is 0 Å². The molecule has 0 spiro atoms. The summed E-state index contributed by atoms with van der Waals surface area (Å²) in [5, 5.41) is 13.3. The van der Waals surface area contributed by atoms with Crippen molar-refractivity contribution in [1.82, 2.24) is 5.32 Å². The minimum Gasteiger partial charge on any atom is -0.550 e. The number of benzene rings is 1. The third-order valence-corrected chi connectivity index (χ3v) is 2.46. The third-order valence-electron chi connectivity index (χ3n) is 2.46. The van der Waals surface area contributed by atoms with Gasteiger partial charge in [0.15, 0.2) is 0 Å². The normalized spacial score (nSPS) is 12.6. The van der Waals surface area contributed by atoms with Crippen molar-refractivity contribution in [3.05, 3.63) is 35.9 Å². The zero-order valence-electron chi connectivity index (χ0n) is 12.0. The summed E-state index contributed by atoms with van der Waals surface area (Å²) in [5.74, 6) is -1.21. The minimum atomic E-state index is -1.21. The van der Waals surface area contributed by atoms with Gasteiger partial charge in [0.25, 0.3) is 0 Å². The fourth-order valence-electron chi connectivity index (χ4n) is 1.75. The fourth-order valence-corrected chi connectivity index (χ4v) is 1.75. The van der Waals surface area contributed by atoms with Crippen LogP contribution in [-0.2, 0) is 16.0 Å². The van der Waals surface area contributed by atoms with Gasteiger partial charge >= 0.3 is 6.09 Å². The van der Waals surface area contributed by atoms with E-state index in [1.165, 1.54) is 0 Å². The van der Waals surface area contributed by atoms with Gasteiger partial charge in [-0.3, -0.25) is 0 Å². The van der Waals surface area contributed by atoms with Gasteiger partial charge in [0.2, 0.25) is 0 Å². The predicted molar refractivity (Wildman–Crippen MR) is 72.9 cm³/mol. The first-order chi connectivity index (χ1) is 9.26. The van der Waals surface area contributed by atoms with E-state index < -0.39 is 23.7 Å². The maximum Gasteiger partial charge on any atom is 0.407 e. The lowest BCUT2D eigenvalue weighted by atomic mass is 10.0. The Kier molecular flexibility index (Phi) is 5.55.